The molecule has 2 rings (SSSR count). The van der Waals surface area contributed by atoms with E-state index in [1.807, 2.05) is 31.2 Å². The maximum absolute atomic E-state index is 11.9. The fourth-order valence-electron chi connectivity index (χ4n) is 1.88. The molecule has 110 valence electrons. The zero-order chi connectivity index (χ0) is 15.5. The summed E-state index contributed by atoms with van der Waals surface area (Å²) >= 11 is 0. The van der Waals surface area contributed by atoms with E-state index in [0.717, 1.165) is 23.1 Å². The molecule has 5 heteroatoms. The molecule has 0 aromatic heterocycles. The molecule has 0 spiro atoms. The highest BCUT2D eigenvalue weighted by molar-refractivity contribution is 7.90. The first-order valence-electron chi connectivity index (χ1n) is 6.50. The third-order valence-electron chi connectivity index (χ3n) is 3.05. The van der Waals surface area contributed by atoms with Crippen LogP contribution in [-0.2, 0) is 21.1 Å². The number of sulfone groups is 1. The van der Waals surface area contributed by atoms with E-state index in [4.69, 9.17) is 0 Å². The lowest BCUT2D eigenvalue weighted by molar-refractivity contribution is -0.115. The summed E-state index contributed by atoms with van der Waals surface area (Å²) in [6.45, 7) is 1.98. The van der Waals surface area contributed by atoms with Gasteiger partial charge in [0.25, 0.3) is 0 Å². The number of carbonyl (C=O) groups is 1. The molecule has 21 heavy (non-hydrogen) atoms. The number of aryl methyl sites for hydroxylation is 1. The van der Waals surface area contributed by atoms with Crippen LogP contribution < -0.4 is 5.32 Å². The van der Waals surface area contributed by atoms with Crippen LogP contribution in [-0.4, -0.2) is 20.6 Å². The standard InChI is InChI=1S/C16H17NO3S/c1-12-3-7-14(8-4-12)17-16(18)11-13-5-9-15(10-6-13)21(2,19)20/h3-10H,11H2,1-2H3,(H,17,18). The number of amides is 1. The monoisotopic (exact) mass is 303 g/mol. The molecule has 1 N–H and O–H groups in total. The molecular weight excluding hydrogens is 286 g/mol. The second-order valence-corrected chi connectivity index (χ2v) is 7.02. The molecule has 0 unspecified atom stereocenters. The second-order valence-electron chi connectivity index (χ2n) is 5.01. The fourth-order valence-corrected chi connectivity index (χ4v) is 2.51. The molecule has 2 aromatic carbocycles. The van der Waals surface area contributed by atoms with Gasteiger partial charge in [0, 0.05) is 11.9 Å². The van der Waals surface area contributed by atoms with Gasteiger partial charge in [0.2, 0.25) is 5.91 Å². The maximum atomic E-state index is 11.9. The van der Waals surface area contributed by atoms with Crippen LogP contribution in [0.3, 0.4) is 0 Å². The summed E-state index contributed by atoms with van der Waals surface area (Å²) in [5.41, 5.74) is 2.65. The van der Waals surface area contributed by atoms with Crippen molar-refractivity contribution in [3.63, 3.8) is 0 Å². The number of benzene rings is 2. The Hall–Kier alpha value is -2.14. The van der Waals surface area contributed by atoms with Gasteiger partial charge < -0.3 is 5.32 Å². The minimum Gasteiger partial charge on any atom is -0.326 e. The van der Waals surface area contributed by atoms with Crippen molar-refractivity contribution >= 4 is 21.4 Å². The van der Waals surface area contributed by atoms with Crippen LogP contribution in [0.15, 0.2) is 53.4 Å². The van der Waals surface area contributed by atoms with Crippen LogP contribution in [0.1, 0.15) is 11.1 Å². The Balaban J connectivity index is 2.01. The van der Waals surface area contributed by atoms with Gasteiger partial charge in [0.1, 0.15) is 0 Å². The van der Waals surface area contributed by atoms with Crippen molar-refractivity contribution in [1.82, 2.24) is 0 Å². The van der Waals surface area contributed by atoms with Crippen LogP contribution >= 0.6 is 0 Å². The molecule has 0 saturated heterocycles. The van der Waals surface area contributed by atoms with Gasteiger partial charge in [-0.2, -0.15) is 0 Å². The van der Waals surface area contributed by atoms with Crippen molar-refractivity contribution in [1.29, 1.82) is 0 Å². The number of carbonyl (C=O) groups excluding carboxylic acids is 1. The number of rotatable bonds is 4. The normalized spacial score (nSPS) is 11.1. The van der Waals surface area contributed by atoms with Crippen molar-refractivity contribution in [2.24, 2.45) is 0 Å². The van der Waals surface area contributed by atoms with E-state index in [9.17, 15) is 13.2 Å². The molecule has 0 fully saturated rings. The Morgan fingerprint density at radius 2 is 1.57 bits per heavy atom. The molecule has 0 atom stereocenters. The van der Waals surface area contributed by atoms with Crippen LogP contribution in [0.5, 0.6) is 0 Å². The number of nitrogens with one attached hydrogen (secondary N) is 1. The van der Waals surface area contributed by atoms with E-state index in [1.54, 1.807) is 12.1 Å². The fraction of sp³-hybridized carbons (Fsp3) is 0.188. The predicted octanol–water partition coefficient (Wildman–Crippen LogP) is 2.58. The highest BCUT2D eigenvalue weighted by Crippen LogP contribution is 2.12. The van der Waals surface area contributed by atoms with Crippen molar-refractivity contribution in [2.45, 2.75) is 18.2 Å². The quantitative estimate of drug-likeness (QED) is 0.944. The Kier molecular flexibility index (Phi) is 4.43. The zero-order valence-corrected chi connectivity index (χ0v) is 12.8. The Bertz CT molecular complexity index is 732. The lowest BCUT2D eigenvalue weighted by atomic mass is 10.1. The number of hydrogen-bond acceptors (Lipinski definition) is 3. The molecule has 0 radical (unpaired) electrons. The smallest absolute Gasteiger partial charge is 0.228 e. The minimum atomic E-state index is -3.20. The van der Waals surface area contributed by atoms with Crippen molar-refractivity contribution < 1.29 is 13.2 Å². The molecule has 2 aromatic rings. The molecule has 0 bridgehead atoms. The first-order chi connectivity index (χ1) is 9.84. The highest BCUT2D eigenvalue weighted by atomic mass is 32.2. The van der Waals surface area contributed by atoms with Crippen molar-refractivity contribution in [3.8, 4) is 0 Å². The Labute approximate surface area is 124 Å². The summed E-state index contributed by atoms with van der Waals surface area (Å²) in [7, 11) is -3.20. The lowest BCUT2D eigenvalue weighted by Crippen LogP contribution is -2.14. The van der Waals surface area contributed by atoms with Gasteiger partial charge in [-0.05, 0) is 36.8 Å². The van der Waals surface area contributed by atoms with Crippen LogP contribution in [0.4, 0.5) is 5.69 Å². The van der Waals surface area contributed by atoms with E-state index >= 15 is 0 Å². The van der Waals surface area contributed by atoms with Gasteiger partial charge in [0.05, 0.1) is 11.3 Å². The summed E-state index contributed by atoms with van der Waals surface area (Å²) < 4.78 is 22.7. The average Bonchev–Trinajstić information content (AvgIpc) is 2.41. The van der Waals surface area contributed by atoms with Crippen LogP contribution in [0.2, 0.25) is 0 Å². The van der Waals surface area contributed by atoms with E-state index < -0.39 is 9.84 Å². The molecule has 0 aliphatic rings. The number of hydrogen-bond donors (Lipinski definition) is 1. The molecule has 0 aliphatic heterocycles. The zero-order valence-electron chi connectivity index (χ0n) is 12.0. The third kappa shape index (κ3) is 4.43. The summed E-state index contributed by atoms with van der Waals surface area (Å²) in [6, 6.07) is 13.9. The third-order valence-corrected chi connectivity index (χ3v) is 4.18. The van der Waals surface area contributed by atoms with Crippen LogP contribution in [0.25, 0.3) is 0 Å². The number of anilines is 1. The first kappa shape index (κ1) is 15.3. The highest BCUT2D eigenvalue weighted by Gasteiger charge is 2.08. The van der Waals surface area contributed by atoms with Gasteiger partial charge >= 0.3 is 0 Å². The average molecular weight is 303 g/mol. The topological polar surface area (TPSA) is 63.2 Å². The van der Waals surface area contributed by atoms with Gasteiger partial charge in [-0.25, -0.2) is 8.42 Å². The Morgan fingerprint density at radius 1 is 1.00 bits per heavy atom. The molecule has 0 heterocycles. The first-order valence-corrected chi connectivity index (χ1v) is 8.39. The van der Waals surface area contributed by atoms with Crippen LogP contribution in [0, 0.1) is 6.92 Å². The van der Waals surface area contributed by atoms with Gasteiger partial charge in [-0.1, -0.05) is 29.8 Å². The summed E-state index contributed by atoms with van der Waals surface area (Å²) in [6.07, 6.45) is 1.37. The van der Waals surface area contributed by atoms with Gasteiger partial charge in [-0.3, -0.25) is 4.79 Å². The van der Waals surface area contributed by atoms with Crippen molar-refractivity contribution in [3.05, 3.63) is 59.7 Å². The molecule has 0 aliphatic carbocycles. The molecule has 1 amide bonds. The van der Waals surface area contributed by atoms with E-state index in [0.29, 0.717) is 0 Å². The maximum Gasteiger partial charge on any atom is 0.228 e. The van der Waals surface area contributed by atoms with Crippen molar-refractivity contribution in [2.75, 3.05) is 11.6 Å². The second kappa shape index (κ2) is 6.10. The predicted molar refractivity (Wildman–Crippen MR) is 83.1 cm³/mol. The molecule has 4 nitrogen and oxygen atoms in total. The van der Waals surface area contributed by atoms with Gasteiger partial charge in [-0.15, -0.1) is 0 Å². The largest absolute Gasteiger partial charge is 0.326 e. The summed E-state index contributed by atoms with van der Waals surface area (Å²) in [4.78, 5) is 12.2. The van der Waals surface area contributed by atoms with E-state index in [1.165, 1.54) is 12.1 Å². The van der Waals surface area contributed by atoms with E-state index in [-0.39, 0.29) is 17.2 Å². The molecular formula is C16H17NO3S. The molecule has 0 saturated carbocycles. The summed E-state index contributed by atoms with van der Waals surface area (Å²) in [5.74, 6) is -0.133. The Morgan fingerprint density at radius 3 is 2.10 bits per heavy atom. The SMILES string of the molecule is Cc1ccc(NC(=O)Cc2ccc(S(C)(=O)=O)cc2)cc1. The summed E-state index contributed by atoms with van der Waals surface area (Å²) in [5, 5.41) is 2.81. The van der Waals surface area contributed by atoms with Gasteiger partial charge in [0.15, 0.2) is 9.84 Å². The van der Waals surface area contributed by atoms with E-state index in [2.05, 4.69) is 5.32 Å². The minimum absolute atomic E-state index is 0.133. The lowest BCUT2D eigenvalue weighted by Gasteiger charge is -2.06.